The number of fused-ring (bicyclic) bond motifs is 3. The molecule has 1 aliphatic carbocycles. The summed E-state index contributed by atoms with van der Waals surface area (Å²) in [7, 11) is 2.16. The molecule has 2 fully saturated rings. The second-order valence-electron chi connectivity index (χ2n) is 8.66. The highest BCUT2D eigenvalue weighted by Gasteiger charge is 2.43. The lowest BCUT2D eigenvalue weighted by molar-refractivity contribution is 0.0461. The van der Waals surface area contributed by atoms with Crippen molar-refractivity contribution in [3.8, 4) is 0 Å². The second kappa shape index (κ2) is 6.42. The molecule has 3 nitrogen and oxygen atoms in total. The molecule has 3 aromatic rings. The topological polar surface area (TPSA) is 34.2 Å². The van der Waals surface area contributed by atoms with E-state index in [1.165, 1.54) is 60.7 Å². The molecule has 2 unspecified atom stereocenters. The standard InChI is InChI=1S/C24H29N3/c1-26-16-18(22-9-2-3-10-23(22)26)17-27-13-12-24(11-5-8-21(27)15-24)19-6-4-7-20(25)14-19/h2-4,6-7,9-10,14,16,21H,5,8,11-13,15,17,25H2,1H3. The van der Waals surface area contributed by atoms with Gasteiger partial charge in [-0.3, -0.25) is 4.90 Å². The summed E-state index contributed by atoms with van der Waals surface area (Å²) < 4.78 is 2.27. The molecule has 5 rings (SSSR count). The van der Waals surface area contributed by atoms with Crippen molar-refractivity contribution in [3.05, 3.63) is 65.9 Å². The largest absolute Gasteiger partial charge is 0.399 e. The van der Waals surface area contributed by atoms with E-state index in [0.717, 1.165) is 12.2 Å². The molecule has 2 atom stereocenters. The van der Waals surface area contributed by atoms with E-state index in [-0.39, 0.29) is 0 Å². The van der Waals surface area contributed by atoms with Crippen LogP contribution in [0.3, 0.4) is 0 Å². The van der Waals surface area contributed by atoms with Crippen molar-refractivity contribution in [2.75, 3.05) is 12.3 Å². The van der Waals surface area contributed by atoms with Gasteiger partial charge >= 0.3 is 0 Å². The third-order valence-electron chi connectivity index (χ3n) is 7.06. The number of nitrogens with zero attached hydrogens (tertiary/aromatic N) is 2. The molecule has 3 heteroatoms. The number of hydrogen-bond donors (Lipinski definition) is 1. The molecule has 140 valence electrons. The van der Waals surface area contributed by atoms with Crippen molar-refractivity contribution in [1.82, 2.24) is 9.47 Å². The number of anilines is 1. The normalized spacial score (nSPS) is 25.7. The zero-order chi connectivity index (χ0) is 18.4. The molecule has 1 saturated heterocycles. The average molecular weight is 360 g/mol. The number of rotatable bonds is 3. The Morgan fingerprint density at radius 1 is 1.11 bits per heavy atom. The Kier molecular flexibility index (Phi) is 4.01. The summed E-state index contributed by atoms with van der Waals surface area (Å²) in [6, 6.07) is 18.1. The van der Waals surface area contributed by atoms with Gasteiger partial charge in [0.1, 0.15) is 0 Å². The van der Waals surface area contributed by atoms with E-state index >= 15 is 0 Å². The molecule has 2 aromatic carbocycles. The van der Waals surface area contributed by atoms with Crippen LogP contribution in [0.15, 0.2) is 54.7 Å². The van der Waals surface area contributed by atoms with Gasteiger partial charge in [0.15, 0.2) is 0 Å². The van der Waals surface area contributed by atoms with Gasteiger partial charge in [0, 0.05) is 42.4 Å². The smallest absolute Gasteiger partial charge is 0.0481 e. The lowest BCUT2D eigenvalue weighted by Crippen LogP contribution is -2.51. The SMILES string of the molecule is Cn1cc(CN2CCC3(c4cccc(N)c4)CCCC2C3)c2ccccc21. The van der Waals surface area contributed by atoms with Crippen LogP contribution in [0.2, 0.25) is 0 Å². The summed E-state index contributed by atoms with van der Waals surface area (Å²) in [6.07, 6.45) is 8.82. The predicted octanol–water partition coefficient (Wildman–Crippen LogP) is 4.85. The van der Waals surface area contributed by atoms with Crippen LogP contribution in [0.25, 0.3) is 10.9 Å². The molecule has 2 aliphatic rings. The Morgan fingerprint density at radius 2 is 2.00 bits per heavy atom. The summed E-state index contributed by atoms with van der Waals surface area (Å²) in [6.45, 7) is 2.25. The van der Waals surface area contributed by atoms with Gasteiger partial charge in [-0.2, -0.15) is 0 Å². The van der Waals surface area contributed by atoms with Crippen LogP contribution >= 0.6 is 0 Å². The maximum absolute atomic E-state index is 6.10. The van der Waals surface area contributed by atoms with Gasteiger partial charge in [0.2, 0.25) is 0 Å². The zero-order valence-corrected chi connectivity index (χ0v) is 16.2. The molecular formula is C24H29N3. The van der Waals surface area contributed by atoms with Gasteiger partial charge in [-0.15, -0.1) is 0 Å². The lowest BCUT2D eigenvalue weighted by Gasteiger charge is -2.51. The monoisotopic (exact) mass is 359 g/mol. The first-order chi connectivity index (χ1) is 13.1. The number of aromatic nitrogens is 1. The van der Waals surface area contributed by atoms with Crippen LogP contribution in [0.4, 0.5) is 5.69 Å². The Bertz CT molecular complexity index is 973. The van der Waals surface area contributed by atoms with E-state index < -0.39 is 0 Å². The number of aryl methyl sites for hydroxylation is 1. The Morgan fingerprint density at radius 3 is 2.89 bits per heavy atom. The van der Waals surface area contributed by atoms with E-state index in [1.54, 1.807) is 0 Å². The van der Waals surface area contributed by atoms with Crippen molar-refractivity contribution in [3.63, 3.8) is 0 Å². The van der Waals surface area contributed by atoms with Crippen LogP contribution in [0.1, 0.15) is 43.2 Å². The van der Waals surface area contributed by atoms with Crippen molar-refractivity contribution in [1.29, 1.82) is 0 Å². The number of hydrogen-bond acceptors (Lipinski definition) is 2. The van der Waals surface area contributed by atoms with Crippen LogP contribution in [0.5, 0.6) is 0 Å². The summed E-state index contributed by atoms with van der Waals surface area (Å²) in [5.41, 5.74) is 11.6. The number of likely N-dealkylation sites (tertiary alicyclic amines) is 1. The minimum atomic E-state index is 0.341. The highest BCUT2D eigenvalue weighted by atomic mass is 15.2. The minimum Gasteiger partial charge on any atom is -0.399 e. The van der Waals surface area contributed by atoms with Gasteiger partial charge in [-0.05, 0) is 67.0 Å². The van der Waals surface area contributed by atoms with Crippen LogP contribution in [-0.2, 0) is 19.0 Å². The fraction of sp³-hybridized carbons (Fsp3) is 0.417. The Balaban J connectivity index is 1.41. The van der Waals surface area contributed by atoms with Gasteiger partial charge in [-0.1, -0.05) is 36.8 Å². The van der Waals surface area contributed by atoms with Gasteiger partial charge in [0.05, 0.1) is 0 Å². The second-order valence-corrected chi connectivity index (χ2v) is 8.66. The van der Waals surface area contributed by atoms with Crippen molar-refractivity contribution < 1.29 is 0 Å². The third kappa shape index (κ3) is 2.85. The summed E-state index contributed by atoms with van der Waals surface area (Å²) in [5, 5.41) is 1.41. The highest BCUT2D eigenvalue weighted by molar-refractivity contribution is 5.83. The Labute approximate surface area is 161 Å². The number of nitrogen functional groups attached to an aromatic ring is 1. The first-order valence-electron chi connectivity index (χ1n) is 10.3. The van der Waals surface area contributed by atoms with Gasteiger partial charge in [0.25, 0.3) is 0 Å². The molecular weight excluding hydrogens is 330 g/mol. The van der Waals surface area contributed by atoms with E-state index in [2.05, 4.69) is 65.2 Å². The van der Waals surface area contributed by atoms with Gasteiger partial charge < -0.3 is 10.3 Å². The fourth-order valence-corrected chi connectivity index (χ4v) is 5.66. The van der Waals surface area contributed by atoms with E-state index in [4.69, 9.17) is 5.73 Å². The minimum absolute atomic E-state index is 0.341. The van der Waals surface area contributed by atoms with Crippen molar-refractivity contribution >= 4 is 16.6 Å². The summed E-state index contributed by atoms with van der Waals surface area (Å²) >= 11 is 0. The lowest BCUT2D eigenvalue weighted by atomic mass is 9.63. The molecule has 2 N–H and O–H groups in total. The first kappa shape index (κ1) is 16.9. The van der Waals surface area contributed by atoms with Crippen molar-refractivity contribution in [2.24, 2.45) is 7.05 Å². The molecule has 27 heavy (non-hydrogen) atoms. The van der Waals surface area contributed by atoms with Crippen LogP contribution < -0.4 is 5.73 Å². The third-order valence-corrected chi connectivity index (χ3v) is 7.06. The van der Waals surface area contributed by atoms with Crippen LogP contribution in [-0.4, -0.2) is 22.1 Å². The molecule has 2 bridgehead atoms. The van der Waals surface area contributed by atoms with Crippen LogP contribution in [0, 0.1) is 0 Å². The number of nitrogens with two attached hydrogens (primary N) is 1. The first-order valence-corrected chi connectivity index (χ1v) is 10.3. The highest BCUT2D eigenvalue weighted by Crippen LogP contribution is 2.47. The maximum atomic E-state index is 6.10. The maximum Gasteiger partial charge on any atom is 0.0481 e. The molecule has 0 amide bonds. The number of para-hydroxylation sites is 1. The average Bonchev–Trinajstić information content (AvgIpc) is 3.00. The van der Waals surface area contributed by atoms with E-state index in [0.29, 0.717) is 11.5 Å². The van der Waals surface area contributed by atoms with Gasteiger partial charge in [-0.25, -0.2) is 0 Å². The quantitative estimate of drug-likeness (QED) is 0.679. The predicted molar refractivity (Wildman–Crippen MR) is 113 cm³/mol. The van der Waals surface area contributed by atoms with E-state index in [1.807, 2.05) is 6.07 Å². The summed E-state index contributed by atoms with van der Waals surface area (Å²) in [4.78, 5) is 2.74. The Hall–Kier alpha value is -2.26. The number of benzene rings is 2. The molecule has 1 aliphatic heterocycles. The molecule has 0 radical (unpaired) electrons. The van der Waals surface area contributed by atoms with Crippen molar-refractivity contribution in [2.45, 2.75) is 50.1 Å². The molecule has 1 aromatic heterocycles. The molecule has 1 saturated carbocycles. The summed E-state index contributed by atoms with van der Waals surface area (Å²) in [5.74, 6) is 0. The fourth-order valence-electron chi connectivity index (χ4n) is 5.66. The zero-order valence-electron chi connectivity index (χ0n) is 16.2. The number of piperidine rings is 1. The molecule has 0 spiro atoms. The van der Waals surface area contributed by atoms with E-state index in [9.17, 15) is 0 Å². The molecule has 2 heterocycles.